The molecule has 0 spiro atoms. The highest BCUT2D eigenvalue weighted by Gasteiger charge is 2.29. The van der Waals surface area contributed by atoms with Crippen LogP contribution in [0.15, 0.2) is 48.5 Å². The molecule has 1 amide bonds. The first-order chi connectivity index (χ1) is 12.2. The molecule has 3 aromatic rings. The van der Waals surface area contributed by atoms with Gasteiger partial charge in [0.2, 0.25) is 5.82 Å². The van der Waals surface area contributed by atoms with Gasteiger partial charge in [-0.15, -0.1) is 10.2 Å². The monoisotopic (exact) mass is 338 g/mol. The van der Waals surface area contributed by atoms with E-state index in [-0.39, 0.29) is 24.1 Å². The van der Waals surface area contributed by atoms with Crippen LogP contribution in [-0.2, 0) is 4.74 Å². The Hall–Kier alpha value is -2.93. The van der Waals surface area contributed by atoms with E-state index in [2.05, 4.69) is 15.2 Å². The lowest BCUT2D eigenvalue weighted by Crippen LogP contribution is -2.43. The molecule has 1 saturated heterocycles. The van der Waals surface area contributed by atoms with Gasteiger partial charge < -0.3 is 9.64 Å². The molecule has 0 bridgehead atoms. The Kier molecular flexibility index (Phi) is 4.07. The topological polar surface area (TPSA) is 68.2 Å². The molecular formula is C18H15FN4O2. The Bertz CT molecular complexity index is 934. The molecule has 1 unspecified atom stereocenters. The van der Waals surface area contributed by atoms with Gasteiger partial charge in [-0.05, 0) is 18.2 Å². The Morgan fingerprint density at radius 1 is 1.08 bits per heavy atom. The molecule has 1 atom stereocenters. The van der Waals surface area contributed by atoms with E-state index in [1.165, 1.54) is 6.07 Å². The highest BCUT2D eigenvalue weighted by molar-refractivity contribution is 5.92. The van der Waals surface area contributed by atoms with Crippen molar-refractivity contribution < 1.29 is 13.9 Å². The van der Waals surface area contributed by atoms with Gasteiger partial charge in [-0.3, -0.25) is 4.79 Å². The zero-order valence-corrected chi connectivity index (χ0v) is 13.3. The molecule has 0 saturated carbocycles. The smallest absolute Gasteiger partial charge is 0.293 e. The van der Waals surface area contributed by atoms with Gasteiger partial charge in [-0.2, -0.15) is 0 Å². The fourth-order valence-electron chi connectivity index (χ4n) is 2.87. The van der Waals surface area contributed by atoms with E-state index in [0.717, 1.165) is 0 Å². The standard InChI is InChI=1S/C18H15FN4O2/c19-13-6-2-1-5-12(13)16-11-23(9-10-25-16)18(24)17-20-14-7-3-4-8-15(14)21-22-17/h1-8,16H,9-11H2. The second-order valence-corrected chi connectivity index (χ2v) is 5.76. The number of benzene rings is 2. The third-order valence-corrected chi connectivity index (χ3v) is 4.16. The van der Waals surface area contributed by atoms with E-state index in [9.17, 15) is 9.18 Å². The predicted molar refractivity (Wildman–Crippen MR) is 88.3 cm³/mol. The summed E-state index contributed by atoms with van der Waals surface area (Å²) < 4.78 is 19.6. The van der Waals surface area contributed by atoms with Crippen molar-refractivity contribution in [1.29, 1.82) is 0 Å². The zero-order chi connectivity index (χ0) is 17.2. The van der Waals surface area contributed by atoms with Crippen LogP contribution >= 0.6 is 0 Å². The van der Waals surface area contributed by atoms with Gasteiger partial charge in [-0.1, -0.05) is 30.3 Å². The van der Waals surface area contributed by atoms with Crippen LogP contribution in [0.3, 0.4) is 0 Å². The first-order valence-electron chi connectivity index (χ1n) is 7.97. The maximum absolute atomic E-state index is 14.0. The normalized spacial score (nSPS) is 17.6. The molecule has 1 aliphatic rings. The molecule has 7 heteroatoms. The van der Waals surface area contributed by atoms with Crippen molar-refractivity contribution >= 4 is 16.9 Å². The van der Waals surface area contributed by atoms with Crippen LogP contribution in [0.25, 0.3) is 11.0 Å². The summed E-state index contributed by atoms with van der Waals surface area (Å²) in [6.07, 6.45) is -0.507. The quantitative estimate of drug-likeness (QED) is 0.718. The summed E-state index contributed by atoms with van der Waals surface area (Å²) in [5, 5.41) is 7.97. The number of rotatable bonds is 2. The van der Waals surface area contributed by atoms with Gasteiger partial charge >= 0.3 is 0 Å². The molecule has 0 N–H and O–H groups in total. The van der Waals surface area contributed by atoms with Crippen LogP contribution < -0.4 is 0 Å². The summed E-state index contributed by atoms with van der Waals surface area (Å²) in [5.74, 6) is -0.638. The van der Waals surface area contributed by atoms with Crippen molar-refractivity contribution in [3.05, 3.63) is 65.7 Å². The largest absolute Gasteiger partial charge is 0.370 e. The zero-order valence-electron chi connectivity index (χ0n) is 13.3. The van der Waals surface area contributed by atoms with E-state index >= 15 is 0 Å². The number of carbonyl (C=O) groups is 1. The summed E-state index contributed by atoms with van der Waals surface area (Å²) in [4.78, 5) is 18.6. The lowest BCUT2D eigenvalue weighted by atomic mass is 10.1. The van der Waals surface area contributed by atoms with Gasteiger partial charge in [0.25, 0.3) is 5.91 Å². The van der Waals surface area contributed by atoms with Crippen molar-refractivity contribution in [2.45, 2.75) is 6.10 Å². The fraction of sp³-hybridized carbons (Fsp3) is 0.222. The van der Waals surface area contributed by atoms with Crippen molar-refractivity contribution in [3.63, 3.8) is 0 Å². The van der Waals surface area contributed by atoms with Crippen LogP contribution in [0.1, 0.15) is 22.3 Å². The molecule has 1 aliphatic heterocycles. The molecular weight excluding hydrogens is 323 g/mol. The van der Waals surface area contributed by atoms with E-state index in [1.807, 2.05) is 12.1 Å². The molecule has 0 aliphatic carbocycles. The Balaban J connectivity index is 1.58. The van der Waals surface area contributed by atoms with E-state index in [1.54, 1.807) is 35.2 Å². The number of carbonyl (C=O) groups excluding carboxylic acids is 1. The van der Waals surface area contributed by atoms with Crippen LogP contribution in [0.4, 0.5) is 4.39 Å². The highest BCUT2D eigenvalue weighted by Crippen LogP contribution is 2.25. The van der Waals surface area contributed by atoms with Crippen molar-refractivity contribution in [2.75, 3.05) is 19.7 Å². The minimum atomic E-state index is -0.507. The Morgan fingerprint density at radius 2 is 1.84 bits per heavy atom. The number of para-hydroxylation sites is 1. The van der Waals surface area contributed by atoms with Gasteiger partial charge in [0.1, 0.15) is 17.4 Å². The van der Waals surface area contributed by atoms with Crippen molar-refractivity contribution in [3.8, 4) is 0 Å². The Morgan fingerprint density at radius 3 is 2.68 bits per heavy atom. The van der Waals surface area contributed by atoms with E-state index < -0.39 is 6.10 Å². The number of hydrogen-bond donors (Lipinski definition) is 0. The minimum absolute atomic E-state index is 0.0351. The maximum atomic E-state index is 14.0. The number of morpholine rings is 1. The van der Waals surface area contributed by atoms with Gasteiger partial charge in [0.05, 0.1) is 18.7 Å². The molecule has 126 valence electrons. The number of amides is 1. The van der Waals surface area contributed by atoms with Crippen molar-refractivity contribution in [1.82, 2.24) is 20.1 Å². The summed E-state index contributed by atoms with van der Waals surface area (Å²) in [5.41, 5.74) is 1.68. The third-order valence-electron chi connectivity index (χ3n) is 4.16. The third kappa shape index (κ3) is 3.06. The fourth-order valence-corrected chi connectivity index (χ4v) is 2.87. The summed E-state index contributed by atoms with van der Waals surface area (Å²) in [6.45, 7) is 0.974. The average Bonchev–Trinajstić information content (AvgIpc) is 2.67. The van der Waals surface area contributed by atoms with Gasteiger partial charge in [0.15, 0.2) is 0 Å². The van der Waals surface area contributed by atoms with E-state index in [0.29, 0.717) is 29.7 Å². The molecule has 6 nitrogen and oxygen atoms in total. The van der Waals surface area contributed by atoms with Crippen LogP contribution in [0.5, 0.6) is 0 Å². The number of fused-ring (bicyclic) bond motifs is 1. The first-order valence-corrected chi connectivity index (χ1v) is 7.97. The lowest BCUT2D eigenvalue weighted by Gasteiger charge is -2.32. The SMILES string of the molecule is O=C(c1nnc2ccccc2n1)N1CCOC(c2ccccc2F)C1. The lowest BCUT2D eigenvalue weighted by molar-refractivity contribution is -0.0247. The summed E-state index contributed by atoms with van der Waals surface area (Å²) >= 11 is 0. The summed E-state index contributed by atoms with van der Waals surface area (Å²) in [7, 11) is 0. The minimum Gasteiger partial charge on any atom is -0.370 e. The second kappa shape index (κ2) is 6.52. The molecule has 25 heavy (non-hydrogen) atoms. The maximum Gasteiger partial charge on any atom is 0.293 e. The van der Waals surface area contributed by atoms with Crippen LogP contribution in [0, 0.1) is 5.82 Å². The molecule has 1 aromatic heterocycles. The van der Waals surface area contributed by atoms with Crippen LogP contribution in [-0.4, -0.2) is 45.7 Å². The highest BCUT2D eigenvalue weighted by atomic mass is 19.1. The van der Waals surface area contributed by atoms with Gasteiger partial charge in [0, 0.05) is 12.1 Å². The number of hydrogen-bond acceptors (Lipinski definition) is 5. The first kappa shape index (κ1) is 15.6. The number of aromatic nitrogens is 3. The number of ether oxygens (including phenoxy) is 1. The average molecular weight is 338 g/mol. The second-order valence-electron chi connectivity index (χ2n) is 5.76. The van der Waals surface area contributed by atoms with Gasteiger partial charge in [-0.25, -0.2) is 9.37 Å². The molecule has 1 fully saturated rings. The van der Waals surface area contributed by atoms with Crippen LogP contribution in [0.2, 0.25) is 0 Å². The number of halogens is 1. The molecule has 4 rings (SSSR count). The van der Waals surface area contributed by atoms with E-state index in [4.69, 9.17) is 4.74 Å². The molecule has 0 radical (unpaired) electrons. The number of nitrogens with zero attached hydrogens (tertiary/aromatic N) is 4. The molecule has 2 heterocycles. The summed E-state index contributed by atoms with van der Waals surface area (Å²) in [6, 6.07) is 13.7. The predicted octanol–water partition coefficient (Wildman–Crippen LogP) is 2.38. The van der Waals surface area contributed by atoms with Crippen molar-refractivity contribution in [2.24, 2.45) is 0 Å². The Labute approximate surface area is 143 Å². The molecule has 2 aromatic carbocycles.